The predicted octanol–water partition coefficient (Wildman–Crippen LogP) is 3.54. The van der Waals surface area contributed by atoms with Crippen molar-refractivity contribution in [3.8, 4) is 5.75 Å². The van der Waals surface area contributed by atoms with Crippen molar-refractivity contribution in [3.05, 3.63) is 57.8 Å². The maximum Gasteiger partial charge on any atom is 0.340 e. The Morgan fingerprint density at radius 2 is 2.10 bits per heavy atom. The lowest BCUT2D eigenvalue weighted by Gasteiger charge is -2.10. The van der Waals surface area contributed by atoms with Crippen molar-refractivity contribution < 1.29 is 18.7 Å². The van der Waals surface area contributed by atoms with Crippen molar-refractivity contribution in [2.75, 3.05) is 12.8 Å². The lowest BCUT2D eigenvalue weighted by Crippen LogP contribution is -2.09. The van der Waals surface area contributed by atoms with Gasteiger partial charge in [0.15, 0.2) is 0 Å². The molecule has 2 aromatic carbocycles. The number of nitrogens with two attached hydrogens (primary N) is 1. The molecule has 0 radical (unpaired) electrons. The van der Waals surface area contributed by atoms with Crippen LogP contribution in [0.3, 0.4) is 0 Å². The van der Waals surface area contributed by atoms with Crippen molar-refractivity contribution in [2.24, 2.45) is 0 Å². The summed E-state index contributed by atoms with van der Waals surface area (Å²) in [5.74, 6) is -0.691. The summed E-state index contributed by atoms with van der Waals surface area (Å²) in [6.45, 7) is -0.172. The van der Waals surface area contributed by atoms with Gasteiger partial charge in [0.2, 0.25) is 0 Å². The first kappa shape index (κ1) is 15.3. The highest BCUT2D eigenvalue weighted by Gasteiger charge is 2.15. The fourth-order valence-corrected chi connectivity index (χ4v) is 2.09. The Labute approximate surface area is 129 Å². The number of halogens is 2. The number of nitrogen functional groups attached to an aromatic ring is 1. The second kappa shape index (κ2) is 6.58. The molecule has 0 heterocycles. The summed E-state index contributed by atoms with van der Waals surface area (Å²) in [6.07, 6.45) is 0. The van der Waals surface area contributed by atoms with E-state index < -0.39 is 11.8 Å². The van der Waals surface area contributed by atoms with Crippen LogP contribution in [0.25, 0.3) is 0 Å². The average Bonchev–Trinajstić information content (AvgIpc) is 2.46. The summed E-state index contributed by atoms with van der Waals surface area (Å²) in [5.41, 5.74) is 6.48. The smallest absolute Gasteiger partial charge is 0.340 e. The third-order valence-corrected chi connectivity index (χ3v) is 3.37. The van der Waals surface area contributed by atoms with Gasteiger partial charge in [0.05, 0.1) is 18.4 Å². The van der Waals surface area contributed by atoms with Gasteiger partial charge in [0.25, 0.3) is 0 Å². The molecule has 110 valence electrons. The largest absolute Gasteiger partial charge is 0.495 e. The van der Waals surface area contributed by atoms with Gasteiger partial charge in [0, 0.05) is 10.0 Å². The second-order valence-electron chi connectivity index (χ2n) is 4.23. The van der Waals surface area contributed by atoms with Crippen molar-refractivity contribution in [3.63, 3.8) is 0 Å². The molecule has 0 saturated heterocycles. The third-order valence-electron chi connectivity index (χ3n) is 2.88. The Bertz CT molecular complexity index is 676. The summed E-state index contributed by atoms with van der Waals surface area (Å²) in [7, 11) is 1.46. The van der Waals surface area contributed by atoms with E-state index >= 15 is 0 Å². The Hall–Kier alpha value is -2.08. The van der Waals surface area contributed by atoms with Crippen LogP contribution in [-0.4, -0.2) is 13.1 Å². The van der Waals surface area contributed by atoms with Crippen LogP contribution in [0.15, 0.2) is 40.9 Å². The van der Waals surface area contributed by atoms with E-state index in [0.29, 0.717) is 10.2 Å². The highest BCUT2D eigenvalue weighted by atomic mass is 79.9. The number of ether oxygens (including phenoxy) is 2. The van der Waals surface area contributed by atoms with Crippen LogP contribution in [0.1, 0.15) is 15.9 Å². The van der Waals surface area contributed by atoms with E-state index in [4.69, 9.17) is 15.2 Å². The minimum Gasteiger partial charge on any atom is -0.495 e. The van der Waals surface area contributed by atoms with Crippen molar-refractivity contribution in [1.82, 2.24) is 0 Å². The zero-order valence-electron chi connectivity index (χ0n) is 11.2. The number of hydrogen-bond donors (Lipinski definition) is 1. The highest BCUT2D eigenvalue weighted by Crippen LogP contribution is 2.25. The van der Waals surface area contributed by atoms with E-state index in [1.165, 1.54) is 19.2 Å². The van der Waals surface area contributed by atoms with Gasteiger partial charge in [-0.15, -0.1) is 0 Å². The van der Waals surface area contributed by atoms with Gasteiger partial charge in [0.1, 0.15) is 18.2 Å². The molecule has 2 N–H and O–H groups in total. The predicted molar refractivity (Wildman–Crippen MR) is 80.6 cm³/mol. The highest BCUT2D eigenvalue weighted by molar-refractivity contribution is 9.10. The molecule has 0 aliphatic heterocycles. The number of esters is 1. The maximum atomic E-state index is 13.6. The summed E-state index contributed by atoms with van der Waals surface area (Å²) in [6, 6.07) is 9.32. The first-order valence-corrected chi connectivity index (χ1v) is 6.85. The van der Waals surface area contributed by atoms with Crippen molar-refractivity contribution in [2.45, 2.75) is 6.61 Å². The van der Waals surface area contributed by atoms with Crippen LogP contribution in [0.4, 0.5) is 10.1 Å². The number of hydrogen-bond acceptors (Lipinski definition) is 4. The molecular formula is C15H13BrFNO3. The molecule has 0 bridgehead atoms. The third kappa shape index (κ3) is 3.52. The second-order valence-corrected chi connectivity index (χ2v) is 5.15. The number of benzene rings is 2. The molecule has 21 heavy (non-hydrogen) atoms. The standard InChI is InChI=1S/C15H13BrFNO3/c1-20-13-4-2-3-11(14(13)18)15(19)21-8-9-5-6-10(16)7-12(9)17/h2-7H,8,18H2,1H3. The molecule has 0 aliphatic rings. The van der Waals surface area contributed by atoms with Crippen LogP contribution in [0, 0.1) is 5.82 Å². The molecule has 0 atom stereocenters. The van der Waals surface area contributed by atoms with E-state index in [9.17, 15) is 9.18 Å². The molecule has 2 aromatic rings. The molecule has 0 fully saturated rings. The molecule has 0 aliphatic carbocycles. The SMILES string of the molecule is COc1cccc(C(=O)OCc2ccc(Br)cc2F)c1N. The lowest BCUT2D eigenvalue weighted by atomic mass is 10.1. The Morgan fingerprint density at radius 3 is 2.76 bits per heavy atom. The van der Waals surface area contributed by atoms with Crippen LogP contribution >= 0.6 is 15.9 Å². The monoisotopic (exact) mass is 353 g/mol. The first-order valence-electron chi connectivity index (χ1n) is 6.06. The van der Waals surface area contributed by atoms with E-state index in [1.54, 1.807) is 24.3 Å². The molecule has 6 heteroatoms. The number of anilines is 1. The van der Waals surface area contributed by atoms with Crippen molar-refractivity contribution in [1.29, 1.82) is 0 Å². The summed E-state index contributed by atoms with van der Waals surface area (Å²) >= 11 is 3.16. The number of para-hydroxylation sites is 1. The molecule has 0 spiro atoms. The van der Waals surface area contributed by atoms with E-state index in [0.717, 1.165) is 0 Å². The van der Waals surface area contributed by atoms with Gasteiger partial charge in [-0.05, 0) is 24.3 Å². The zero-order chi connectivity index (χ0) is 15.4. The molecule has 0 saturated carbocycles. The molecule has 4 nitrogen and oxygen atoms in total. The Balaban J connectivity index is 2.12. The molecule has 0 amide bonds. The number of carbonyl (C=O) groups is 1. The molecular weight excluding hydrogens is 341 g/mol. The summed E-state index contributed by atoms with van der Waals surface area (Å²) < 4.78 is 24.4. The summed E-state index contributed by atoms with van der Waals surface area (Å²) in [4.78, 5) is 12.0. The fraction of sp³-hybridized carbons (Fsp3) is 0.133. The van der Waals surface area contributed by atoms with Crippen molar-refractivity contribution >= 4 is 27.6 Å². The number of carbonyl (C=O) groups excluding carboxylic acids is 1. The van der Waals surface area contributed by atoms with Gasteiger partial charge in [-0.2, -0.15) is 0 Å². The quantitative estimate of drug-likeness (QED) is 0.674. The normalized spacial score (nSPS) is 10.2. The Morgan fingerprint density at radius 1 is 1.33 bits per heavy atom. The molecule has 0 aromatic heterocycles. The van der Waals surface area contributed by atoms with Gasteiger partial charge >= 0.3 is 5.97 Å². The van der Waals surface area contributed by atoms with Gasteiger partial charge < -0.3 is 15.2 Å². The van der Waals surface area contributed by atoms with Crippen LogP contribution in [0.5, 0.6) is 5.75 Å². The topological polar surface area (TPSA) is 61.5 Å². The zero-order valence-corrected chi connectivity index (χ0v) is 12.8. The van der Waals surface area contributed by atoms with E-state index in [1.807, 2.05) is 0 Å². The van der Waals surface area contributed by atoms with E-state index in [2.05, 4.69) is 15.9 Å². The fourth-order valence-electron chi connectivity index (χ4n) is 1.76. The van der Waals surface area contributed by atoms with Gasteiger partial charge in [-0.3, -0.25) is 0 Å². The number of rotatable bonds is 4. The maximum absolute atomic E-state index is 13.6. The number of methoxy groups -OCH3 is 1. The lowest BCUT2D eigenvalue weighted by molar-refractivity contribution is 0.0470. The van der Waals surface area contributed by atoms with Crippen LogP contribution < -0.4 is 10.5 Å². The minimum atomic E-state index is -0.631. The average molecular weight is 354 g/mol. The van der Waals surface area contributed by atoms with E-state index in [-0.39, 0.29) is 23.4 Å². The summed E-state index contributed by atoms with van der Waals surface area (Å²) in [5, 5.41) is 0. The minimum absolute atomic E-state index is 0.172. The first-order chi connectivity index (χ1) is 10.0. The van der Waals surface area contributed by atoms with Gasteiger partial charge in [-0.1, -0.05) is 28.1 Å². The molecule has 2 rings (SSSR count). The Kier molecular flexibility index (Phi) is 4.80. The van der Waals surface area contributed by atoms with Gasteiger partial charge in [-0.25, -0.2) is 9.18 Å². The molecule has 0 unspecified atom stereocenters. The van der Waals surface area contributed by atoms with Crippen LogP contribution in [0.2, 0.25) is 0 Å². The van der Waals surface area contributed by atoms with Crippen LogP contribution in [-0.2, 0) is 11.3 Å².